The second-order valence-electron chi connectivity index (χ2n) is 9.91. The maximum Gasteiger partial charge on any atom is 0.385 e. The lowest BCUT2D eigenvalue weighted by atomic mass is 9.48. The van der Waals surface area contributed by atoms with E-state index in [0.29, 0.717) is 30.7 Å². The van der Waals surface area contributed by atoms with Gasteiger partial charge in [0.1, 0.15) is 5.75 Å². The summed E-state index contributed by atoms with van der Waals surface area (Å²) in [5, 5.41) is 11.2. The lowest BCUT2D eigenvalue weighted by molar-refractivity contribution is -0.0870. The van der Waals surface area contributed by atoms with Gasteiger partial charge >= 0.3 is 10.3 Å². The number of hydrogen-bond acceptors (Lipinski definition) is 4. The van der Waals surface area contributed by atoms with Gasteiger partial charge in [-0.15, -0.1) is 0 Å². The summed E-state index contributed by atoms with van der Waals surface area (Å²) in [7, 11) is -3.76. The minimum absolute atomic E-state index is 0.0421. The number of benzene rings is 1. The van der Waals surface area contributed by atoms with Crippen molar-refractivity contribution < 1.29 is 17.7 Å². The lowest BCUT2D eigenvalue weighted by Gasteiger charge is -2.56. The fourth-order valence-electron chi connectivity index (χ4n) is 7.41. The van der Waals surface area contributed by atoms with Gasteiger partial charge in [0.2, 0.25) is 0 Å². The van der Waals surface area contributed by atoms with Crippen LogP contribution in [0.1, 0.15) is 69.9 Å². The Labute approximate surface area is 180 Å². The van der Waals surface area contributed by atoms with Gasteiger partial charge in [-0.25, -0.2) is 0 Å². The summed E-state index contributed by atoms with van der Waals surface area (Å²) in [6.45, 7) is 6.73. The van der Waals surface area contributed by atoms with Crippen molar-refractivity contribution in [3.8, 4) is 5.75 Å². The summed E-state index contributed by atoms with van der Waals surface area (Å²) in [6, 6.07) is 5.86. The predicted octanol–water partition coefficient (Wildman–Crippen LogP) is 4.18. The Bertz CT molecular complexity index is 1000. The third-order valence-electron chi connectivity index (χ3n) is 9.12. The van der Waals surface area contributed by atoms with Gasteiger partial charge < -0.3 is 9.29 Å². The minimum atomic E-state index is -3.76. The van der Waals surface area contributed by atoms with Crippen molar-refractivity contribution in [2.24, 2.45) is 16.7 Å². The van der Waals surface area contributed by atoms with E-state index in [2.05, 4.69) is 25.1 Å². The quantitative estimate of drug-likeness (QED) is 0.710. The Morgan fingerprint density at radius 3 is 2.57 bits per heavy atom. The van der Waals surface area contributed by atoms with E-state index < -0.39 is 15.9 Å². The zero-order valence-electron chi connectivity index (χ0n) is 18.2. The van der Waals surface area contributed by atoms with Crippen LogP contribution in [0.2, 0.25) is 0 Å². The van der Waals surface area contributed by atoms with Crippen LogP contribution in [0.4, 0.5) is 0 Å². The van der Waals surface area contributed by atoms with Crippen molar-refractivity contribution in [1.82, 2.24) is 4.31 Å². The molecule has 1 aromatic rings. The number of aryl methyl sites for hydroxylation is 1. The highest BCUT2D eigenvalue weighted by atomic mass is 32.2. The predicted molar refractivity (Wildman–Crippen MR) is 117 cm³/mol. The van der Waals surface area contributed by atoms with Gasteiger partial charge in [-0.3, -0.25) is 0 Å². The first kappa shape index (κ1) is 20.5. The van der Waals surface area contributed by atoms with E-state index in [1.54, 1.807) is 0 Å². The summed E-state index contributed by atoms with van der Waals surface area (Å²) in [5.74, 6) is 1.43. The van der Waals surface area contributed by atoms with Gasteiger partial charge in [0.05, 0.1) is 5.60 Å². The highest BCUT2D eigenvalue weighted by Crippen LogP contribution is 2.74. The van der Waals surface area contributed by atoms with E-state index in [9.17, 15) is 13.5 Å². The molecule has 5 atom stereocenters. The zero-order valence-corrected chi connectivity index (χ0v) is 19.0. The van der Waals surface area contributed by atoms with Crippen LogP contribution in [0, 0.1) is 16.7 Å². The minimum Gasteiger partial charge on any atom is -0.385 e. The molecule has 0 aliphatic heterocycles. The van der Waals surface area contributed by atoms with Crippen LogP contribution in [0.15, 0.2) is 30.4 Å². The van der Waals surface area contributed by atoms with E-state index in [1.807, 2.05) is 26.0 Å². The summed E-state index contributed by atoms with van der Waals surface area (Å²) >= 11 is 0. The standard InChI is InChI=1S/C24H33NO4S/c1-4-25(5-2)30(27,28)29-18-7-8-19-17(16-18)6-9-21-20(19)10-11-22(3)23(21)12-14-24(22,26)15-13-23/h7-8,12,14,16,20-21,26H,4-6,9-11,13,15H2,1-3H3/t20-,21-,22+,23+,24-/m1/s1. The molecule has 0 aromatic heterocycles. The number of allylic oxidation sites excluding steroid dienone is 1. The fraction of sp³-hybridized carbons (Fsp3) is 0.667. The second kappa shape index (κ2) is 6.57. The molecular weight excluding hydrogens is 398 g/mol. The van der Waals surface area contributed by atoms with E-state index in [-0.39, 0.29) is 10.8 Å². The van der Waals surface area contributed by atoms with Crippen LogP contribution in [0.5, 0.6) is 5.75 Å². The van der Waals surface area contributed by atoms with Gasteiger partial charge in [-0.1, -0.05) is 39.0 Å². The molecule has 164 valence electrons. The third-order valence-corrected chi connectivity index (χ3v) is 10.7. The molecule has 2 saturated carbocycles. The Kier molecular flexibility index (Phi) is 4.49. The van der Waals surface area contributed by atoms with Crippen LogP contribution in [0.25, 0.3) is 0 Å². The number of aliphatic hydroxyl groups is 1. The number of fused-ring (bicyclic) bond motifs is 3. The molecule has 5 nitrogen and oxygen atoms in total. The SMILES string of the molecule is CCN(CC)S(=O)(=O)Oc1ccc2c(c1)CC[C@@H]1[C@@H]2CC[C@]2(C)[C@@]3(O)C=C[C@]12CC3. The molecule has 0 saturated heterocycles. The van der Waals surface area contributed by atoms with Crippen molar-refractivity contribution in [1.29, 1.82) is 0 Å². The van der Waals surface area contributed by atoms with Crippen molar-refractivity contribution in [2.45, 2.75) is 70.8 Å². The van der Waals surface area contributed by atoms with Crippen LogP contribution >= 0.6 is 0 Å². The highest BCUT2D eigenvalue weighted by Gasteiger charge is 2.70. The van der Waals surface area contributed by atoms with Crippen molar-refractivity contribution in [3.05, 3.63) is 41.5 Å². The summed E-state index contributed by atoms with van der Waals surface area (Å²) in [6.07, 6.45) is 10.5. The molecule has 2 fully saturated rings. The molecule has 1 aromatic carbocycles. The number of rotatable bonds is 5. The summed E-state index contributed by atoms with van der Waals surface area (Å²) < 4.78 is 31.8. The molecule has 5 rings (SSSR count). The first-order valence-electron chi connectivity index (χ1n) is 11.4. The van der Waals surface area contributed by atoms with E-state index in [0.717, 1.165) is 38.5 Å². The van der Waals surface area contributed by atoms with Gasteiger partial charge in [0, 0.05) is 23.9 Å². The van der Waals surface area contributed by atoms with Crippen molar-refractivity contribution in [2.75, 3.05) is 13.1 Å². The average Bonchev–Trinajstić information content (AvgIpc) is 3.09. The second-order valence-corrected chi connectivity index (χ2v) is 11.4. The largest absolute Gasteiger partial charge is 0.385 e. The Hall–Kier alpha value is -1.37. The van der Waals surface area contributed by atoms with Crippen LogP contribution in [0.3, 0.4) is 0 Å². The molecule has 1 N–H and O–H groups in total. The van der Waals surface area contributed by atoms with E-state index in [4.69, 9.17) is 4.18 Å². The monoisotopic (exact) mass is 431 g/mol. The molecule has 2 bridgehead atoms. The highest BCUT2D eigenvalue weighted by molar-refractivity contribution is 7.84. The van der Waals surface area contributed by atoms with Crippen molar-refractivity contribution >= 4 is 10.3 Å². The van der Waals surface area contributed by atoms with Gasteiger partial charge in [-0.05, 0) is 73.6 Å². The Morgan fingerprint density at radius 1 is 1.13 bits per heavy atom. The van der Waals surface area contributed by atoms with Gasteiger partial charge in [-0.2, -0.15) is 12.7 Å². The maximum absolute atomic E-state index is 12.5. The zero-order chi connectivity index (χ0) is 21.4. The van der Waals surface area contributed by atoms with E-state index >= 15 is 0 Å². The lowest BCUT2D eigenvalue weighted by Crippen LogP contribution is -2.52. The average molecular weight is 432 g/mol. The van der Waals surface area contributed by atoms with Gasteiger partial charge in [0.15, 0.2) is 0 Å². The molecule has 4 aliphatic rings. The van der Waals surface area contributed by atoms with Crippen LogP contribution < -0.4 is 4.18 Å². The van der Waals surface area contributed by atoms with Crippen LogP contribution in [-0.2, 0) is 16.7 Å². The van der Waals surface area contributed by atoms with Crippen LogP contribution in [-0.4, -0.2) is 36.5 Å². The molecule has 0 unspecified atom stereocenters. The van der Waals surface area contributed by atoms with E-state index in [1.165, 1.54) is 15.4 Å². The smallest absolute Gasteiger partial charge is 0.385 e. The fourth-order valence-corrected chi connectivity index (χ4v) is 8.50. The first-order valence-corrected chi connectivity index (χ1v) is 12.8. The number of hydrogen-bond donors (Lipinski definition) is 1. The molecule has 0 spiro atoms. The maximum atomic E-state index is 12.5. The Balaban J connectivity index is 1.44. The molecular formula is C24H33NO4S. The molecule has 4 aliphatic carbocycles. The first-order chi connectivity index (χ1) is 14.2. The molecule has 0 heterocycles. The molecule has 0 radical (unpaired) electrons. The van der Waals surface area contributed by atoms with Crippen molar-refractivity contribution in [3.63, 3.8) is 0 Å². The molecule has 0 amide bonds. The Morgan fingerprint density at radius 2 is 1.90 bits per heavy atom. The normalized spacial score (nSPS) is 39.0. The summed E-state index contributed by atoms with van der Waals surface area (Å²) in [4.78, 5) is 0. The third kappa shape index (κ3) is 2.50. The molecule has 30 heavy (non-hydrogen) atoms. The van der Waals surface area contributed by atoms with Gasteiger partial charge in [0.25, 0.3) is 0 Å². The molecule has 6 heteroatoms. The summed E-state index contributed by atoms with van der Waals surface area (Å²) in [5.41, 5.74) is 2.00. The number of nitrogens with zero attached hydrogens (tertiary/aromatic N) is 1. The topological polar surface area (TPSA) is 66.8 Å².